The Labute approximate surface area is 58.0 Å². The Morgan fingerprint density at radius 1 is 1.56 bits per heavy atom. The number of hydrogen-bond donors (Lipinski definition) is 1. The minimum absolute atomic E-state index is 0.718. The van der Waals surface area contributed by atoms with Crippen molar-refractivity contribution in [2.75, 3.05) is 0 Å². The zero-order valence-electron chi connectivity index (χ0n) is 4.72. The SMILES string of the molecule is NC1C=CC=CC1(F)Cl. The van der Waals surface area contributed by atoms with Crippen molar-refractivity contribution in [3.63, 3.8) is 0 Å². The highest BCUT2D eigenvalue weighted by molar-refractivity contribution is 6.24. The summed E-state index contributed by atoms with van der Waals surface area (Å²) in [5.74, 6) is 0. The Morgan fingerprint density at radius 2 is 2.22 bits per heavy atom. The van der Waals surface area contributed by atoms with Crippen LogP contribution in [0.3, 0.4) is 0 Å². The molecule has 9 heavy (non-hydrogen) atoms. The summed E-state index contributed by atoms with van der Waals surface area (Å²) in [6, 6.07) is -0.718. The maximum absolute atomic E-state index is 12.8. The van der Waals surface area contributed by atoms with Crippen LogP contribution >= 0.6 is 11.6 Å². The molecule has 50 valence electrons. The summed E-state index contributed by atoms with van der Waals surface area (Å²) < 4.78 is 12.8. The van der Waals surface area contributed by atoms with Crippen LogP contribution in [0.5, 0.6) is 0 Å². The number of alkyl halides is 2. The van der Waals surface area contributed by atoms with Gasteiger partial charge in [0.15, 0.2) is 0 Å². The van der Waals surface area contributed by atoms with E-state index >= 15 is 0 Å². The van der Waals surface area contributed by atoms with Gasteiger partial charge in [0.1, 0.15) is 0 Å². The molecule has 2 N–H and O–H groups in total. The molecular weight excluding hydrogens is 141 g/mol. The molecule has 1 rings (SSSR count). The summed E-state index contributed by atoms with van der Waals surface area (Å²) in [7, 11) is 0. The fourth-order valence-electron chi connectivity index (χ4n) is 0.607. The third-order valence-corrected chi connectivity index (χ3v) is 1.57. The van der Waals surface area contributed by atoms with Crippen molar-refractivity contribution in [1.82, 2.24) is 0 Å². The van der Waals surface area contributed by atoms with Crippen molar-refractivity contribution >= 4 is 11.6 Å². The maximum Gasteiger partial charge on any atom is 0.220 e. The zero-order chi connectivity index (χ0) is 6.91. The molecule has 0 aromatic carbocycles. The van der Waals surface area contributed by atoms with Gasteiger partial charge in [-0.05, 0) is 6.08 Å². The van der Waals surface area contributed by atoms with E-state index in [1.54, 1.807) is 6.08 Å². The van der Waals surface area contributed by atoms with Gasteiger partial charge in [-0.3, -0.25) is 0 Å². The Hall–Kier alpha value is -0.340. The lowest BCUT2D eigenvalue weighted by Crippen LogP contribution is -2.37. The number of nitrogens with two attached hydrogens (primary N) is 1. The van der Waals surface area contributed by atoms with Gasteiger partial charge in [0, 0.05) is 0 Å². The number of hydrogen-bond acceptors (Lipinski definition) is 1. The normalized spacial score (nSPS) is 41.4. The fraction of sp³-hybridized carbons (Fsp3) is 0.333. The molecule has 0 aromatic rings. The first-order valence-electron chi connectivity index (χ1n) is 2.62. The van der Waals surface area contributed by atoms with Crippen LogP contribution < -0.4 is 5.73 Å². The second-order valence-corrected chi connectivity index (χ2v) is 2.52. The van der Waals surface area contributed by atoms with Crippen LogP contribution in [0.4, 0.5) is 4.39 Å². The van der Waals surface area contributed by atoms with Crippen molar-refractivity contribution in [3.8, 4) is 0 Å². The zero-order valence-corrected chi connectivity index (χ0v) is 5.48. The first-order valence-corrected chi connectivity index (χ1v) is 3.00. The molecular formula is C6H7ClFN. The molecule has 0 heterocycles. The van der Waals surface area contributed by atoms with E-state index in [9.17, 15) is 4.39 Å². The fourth-order valence-corrected chi connectivity index (χ4v) is 0.753. The molecule has 0 fully saturated rings. The summed E-state index contributed by atoms with van der Waals surface area (Å²) in [6.45, 7) is 0. The van der Waals surface area contributed by atoms with Crippen LogP contribution in [0.15, 0.2) is 24.3 Å². The van der Waals surface area contributed by atoms with E-state index in [2.05, 4.69) is 0 Å². The van der Waals surface area contributed by atoms with Crippen LogP contribution in [0.2, 0.25) is 0 Å². The van der Waals surface area contributed by atoms with E-state index < -0.39 is 11.2 Å². The molecule has 2 atom stereocenters. The molecule has 0 spiro atoms. The first-order chi connectivity index (χ1) is 4.13. The van der Waals surface area contributed by atoms with E-state index in [1.165, 1.54) is 18.2 Å². The smallest absolute Gasteiger partial charge is 0.220 e. The highest BCUT2D eigenvalue weighted by atomic mass is 35.5. The lowest BCUT2D eigenvalue weighted by Gasteiger charge is -2.20. The first kappa shape index (κ1) is 6.78. The van der Waals surface area contributed by atoms with Gasteiger partial charge in [-0.2, -0.15) is 0 Å². The van der Waals surface area contributed by atoms with Crippen LogP contribution in [0.25, 0.3) is 0 Å². The monoisotopic (exact) mass is 147 g/mol. The van der Waals surface area contributed by atoms with Gasteiger partial charge < -0.3 is 5.73 Å². The molecule has 0 radical (unpaired) electrons. The molecule has 0 saturated carbocycles. The standard InChI is InChI=1S/C6H7ClFN/c7-6(8)4-2-1-3-5(6)9/h1-5H,9H2. The summed E-state index contributed by atoms with van der Waals surface area (Å²) in [5.41, 5.74) is 5.27. The van der Waals surface area contributed by atoms with Gasteiger partial charge >= 0.3 is 0 Å². The molecule has 2 unspecified atom stereocenters. The Balaban J connectivity index is 2.78. The minimum Gasteiger partial charge on any atom is -0.320 e. The molecule has 1 aliphatic carbocycles. The largest absolute Gasteiger partial charge is 0.320 e. The van der Waals surface area contributed by atoms with Crippen LogP contribution in [-0.2, 0) is 0 Å². The van der Waals surface area contributed by atoms with Gasteiger partial charge in [-0.1, -0.05) is 29.8 Å². The Bertz CT molecular complexity index is 162. The van der Waals surface area contributed by atoms with Crippen LogP contribution in [0.1, 0.15) is 0 Å². The maximum atomic E-state index is 12.8. The molecule has 0 aromatic heterocycles. The Kier molecular flexibility index (Phi) is 1.60. The van der Waals surface area contributed by atoms with Crippen LogP contribution in [0, 0.1) is 0 Å². The average molecular weight is 148 g/mol. The van der Waals surface area contributed by atoms with E-state index in [0.29, 0.717) is 0 Å². The third-order valence-electron chi connectivity index (χ3n) is 1.19. The highest BCUT2D eigenvalue weighted by Crippen LogP contribution is 2.25. The van der Waals surface area contributed by atoms with Crippen molar-refractivity contribution < 1.29 is 4.39 Å². The summed E-state index contributed by atoms with van der Waals surface area (Å²) in [6.07, 6.45) is 5.97. The molecule has 1 aliphatic rings. The van der Waals surface area contributed by atoms with Gasteiger partial charge in [-0.25, -0.2) is 4.39 Å². The van der Waals surface area contributed by atoms with Gasteiger partial charge in [0.2, 0.25) is 5.13 Å². The number of halogens is 2. The van der Waals surface area contributed by atoms with E-state index in [-0.39, 0.29) is 0 Å². The lowest BCUT2D eigenvalue weighted by molar-refractivity contribution is 0.316. The third kappa shape index (κ3) is 1.32. The molecule has 0 bridgehead atoms. The second kappa shape index (κ2) is 2.12. The predicted molar refractivity (Wildman–Crippen MR) is 35.9 cm³/mol. The van der Waals surface area contributed by atoms with E-state index in [4.69, 9.17) is 17.3 Å². The Morgan fingerprint density at radius 3 is 2.56 bits per heavy atom. The average Bonchev–Trinajstić information content (AvgIpc) is 1.77. The van der Waals surface area contributed by atoms with Crippen molar-refractivity contribution in [2.45, 2.75) is 11.2 Å². The van der Waals surface area contributed by atoms with Crippen LogP contribution in [-0.4, -0.2) is 11.2 Å². The van der Waals surface area contributed by atoms with Crippen molar-refractivity contribution in [2.24, 2.45) is 5.73 Å². The summed E-state index contributed by atoms with van der Waals surface area (Å²) in [4.78, 5) is 0. The molecule has 1 nitrogen and oxygen atoms in total. The van der Waals surface area contributed by atoms with E-state index in [0.717, 1.165) is 0 Å². The molecule has 3 heteroatoms. The summed E-state index contributed by atoms with van der Waals surface area (Å²) >= 11 is 5.29. The topological polar surface area (TPSA) is 26.0 Å². The molecule has 0 amide bonds. The highest BCUT2D eigenvalue weighted by Gasteiger charge is 2.30. The number of rotatable bonds is 0. The molecule has 0 aliphatic heterocycles. The van der Waals surface area contributed by atoms with Crippen molar-refractivity contribution in [1.29, 1.82) is 0 Å². The summed E-state index contributed by atoms with van der Waals surface area (Å²) in [5, 5.41) is -1.88. The minimum atomic E-state index is -1.88. The quantitative estimate of drug-likeness (QED) is 0.515. The second-order valence-electron chi connectivity index (χ2n) is 1.94. The van der Waals surface area contributed by atoms with Gasteiger partial charge in [0.05, 0.1) is 6.04 Å². The van der Waals surface area contributed by atoms with Gasteiger partial charge in [-0.15, -0.1) is 0 Å². The van der Waals surface area contributed by atoms with E-state index in [1.807, 2.05) is 0 Å². The number of allylic oxidation sites excluding steroid dienone is 2. The predicted octanol–water partition coefficient (Wildman–Crippen LogP) is 1.34. The van der Waals surface area contributed by atoms with Gasteiger partial charge in [0.25, 0.3) is 0 Å². The lowest BCUT2D eigenvalue weighted by atomic mass is 10.1. The molecule has 0 saturated heterocycles. The van der Waals surface area contributed by atoms with Crippen molar-refractivity contribution in [3.05, 3.63) is 24.3 Å².